The van der Waals surface area contributed by atoms with Crippen molar-refractivity contribution in [3.8, 4) is 0 Å². The fourth-order valence-electron chi connectivity index (χ4n) is 0. The van der Waals surface area contributed by atoms with Crippen molar-refractivity contribution in [3.63, 3.8) is 0 Å². The van der Waals surface area contributed by atoms with Crippen molar-refractivity contribution in [3.05, 3.63) is 0 Å². The van der Waals surface area contributed by atoms with Gasteiger partial charge in [-0.1, -0.05) is 0 Å². The molecule has 0 aliphatic carbocycles. The van der Waals surface area contributed by atoms with Crippen LogP contribution in [0.5, 0.6) is 0 Å². The van der Waals surface area contributed by atoms with Gasteiger partial charge in [0.25, 0.3) is 0 Å². The summed E-state index contributed by atoms with van der Waals surface area (Å²) in [6.07, 6.45) is 0. The maximum atomic E-state index is 4.85. The van der Waals surface area contributed by atoms with E-state index in [-0.39, 0.29) is 38.9 Å². The van der Waals surface area contributed by atoms with E-state index in [9.17, 15) is 0 Å². The van der Waals surface area contributed by atoms with Crippen LogP contribution in [0, 0.1) is 0 Å². The molecular formula is C9H30Cl2P3Ru+3. The molecule has 0 N–H and O–H groups in total. The molecule has 0 aromatic heterocycles. The van der Waals surface area contributed by atoms with Crippen molar-refractivity contribution in [2.45, 2.75) is 0 Å². The molecular weight excluding hydrogens is 373 g/mol. The molecule has 0 aliphatic rings. The third kappa shape index (κ3) is 557. The summed E-state index contributed by atoms with van der Waals surface area (Å²) in [5.41, 5.74) is 0. The molecule has 0 fully saturated rings. The van der Waals surface area contributed by atoms with Gasteiger partial charge >= 0.3 is 34.5 Å². The van der Waals surface area contributed by atoms with Gasteiger partial charge in [0.1, 0.15) is 0 Å². The molecule has 0 aromatic rings. The van der Waals surface area contributed by atoms with Crippen LogP contribution < -0.4 is 0 Å². The number of hydrogen-bond donors (Lipinski definition) is 0. The Morgan fingerprint density at radius 2 is 0.533 bits per heavy atom. The third-order valence-corrected chi connectivity index (χ3v) is 0. The van der Waals surface area contributed by atoms with E-state index in [1.54, 1.807) is 0 Å². The van der Waals surface area contributed by atoms with E-state index in [1.165, 1.54) is 0 Å². The molecule has 0 rings (SSSR count). The van der Waals surface area contributed by atoms with Crippen LogP contribution in [0.3, 0.4) is 0 Å². The Bertz CT molecular complexity index is 61.2. The van der Waals surface area contributed by atoms with Crippen LogP contribution in [0.2, 0.25) is 0 Å². The standard InChI is InChI=1S/3C3H9P.2ClH.Ru/c3*1-4(2)3;;;/h3*1-3H3;2*1H;/q;;;;;+2/p+1. The second-order valence-electron chi connectivity index (χ2n) is 4.55. The first-order valence-corrected chi connectivity index (χ1v) is 18.2. The van der Waals surface area contributed by atoms with E-state index in [4.69, 9.17) is 19.4 Å². The Morgan fingerprint density at radius 3 is 0.533 bits per heavy atom. The first-order valence-electron chi connectivity index (χ1n) is 4.77. The van der Waals surface area contributed by atoms with Crippen molar-refractivity contribution in [1.29, 1.82) is 0 Å². The first kappa shape index (κ1) is 26.1. The molecule has 0 atom stereocenters. The van der Waals surface area contributed by atoms with E-state index in [2.05, 4.69) is 60.0 Å². The Balaban J connectivity index is -0.0000000542. The molecule has 0 saturated heterocycles. The topological polar surface area (TPSA) is 0 Å². The molecule has 0 nitrogen and oxygen atoms in total. The van der Waals surface area contributed by atoms with E-state index in [0.717, 1.165) is 0 Å². The molecule has 0 bridgehead atoms. The van der Waals surface area contributed by atoms with E-state index in [1.807, 2.05) is 0 Å². The summed E-state index contributed by atoms with van der Waals surface area (Å²) in [5.74, 6) is 0. The molecule has 0 spiro atoms. The maximum absolute atomic E-state index is 4.85. The van der Waals surface area contributed by atoms with Crippen LogP contribution >= 0.6 is 43.1 Å². The van der Waals surface area contributed by atoms with Crippen molar-refractivity contribution < 1.29 is 15.1 Å². The van der Waals surface area contributed by atoms with Gasteiger partial charge in [-0.3, -0.25) is 0 Å². The van der Waals surface area contributed by atoms with Gasteiger partial charge in [0.05, 0.1) is 0 Å². The van der Waals surface area contributed by atoms with Crippen LogP contribution in [0.4, 0.5) is 0 Å². The summed E-state index contributed by atoms with van der Waals surface area (Å²) in [6, 6.07) is 0. The number of rotatable bonds is 0. The SMILES string of the molecule is C[PH+](C)C.C[PH+](C)C.C[PH+](C)C.[Cl][Ru][Cl]. The van der Waals surface area contributed by atoms with Gasteiger partial charge in [-0.2, -0.15) is 0 Å². The predicted molar refractivity (Wildman–Crippen MR) is 90.0 cm³/mol. The summed E-state index contributed by atoms with van der Waals surface area (Å²) in [4.78, 5) is 0. The van der Waals surface area contributed by atoms with Crippen LogP contribution in [0.25, 0.3) is 0 Å². The Labute approximate surface area is 118 Å². The molecule has 0 saturated carbocycles. The molecule has 0 amide bonds. The molecule has 100 valence electrons. The Hall–Kier alpha value is 2.49. The van der Waals surface area contributed by atoms with E-state index >= 15 is 0 Å². The van der Waals surface area contributed by atoms with Gasteiger partial charge in [-0.05, 0) is 23.8 Å². The van der Waals surface area contributed by atoms with Crippen molar-refractivity contribution in [2.24, 2.45) is 0 Å². The van der Waals surface area contributed by atoms with Gasteiger partial charge in [0.15, 0.2) is 0 Å². The third-order valence-electron chi connectivity index (χ3n) is 0. The fourth-order valence-corrected chi connectivity index (χ4v) is 0. The minimum atomic E-state index is -0.346. The van der Waals surface area contributed by atoms with Crippen LogP contribution in [0.1, 0.15) is 0 Å². The number of hydrogen-bond acceptors (Lipinski definition) is 0. The van der Waals surface area contributed by atoms with Gasteiger partial charge in [0.2, 0.25) is 0 Å². The average Bonchev–Trinajstić information content (AvgIpc) is 1.81. The quantitative estimate of drug-likeness (QED) is 0.408. The second-order valence-corrected chi connectivity index (χ2v) is 16.2. The zero-order valence-corrected chi connectivity index (χ0v) is 17.9. The molecule has 0 aliphatic heterocycles. The first-order chi connectivity index (χ1) is 6.61. The summed E-state index contributed by atoms with van der Waals surface area (Å²) in [6.45, 7) is 20.4. The van der Waals surface area contributed by atoms with Gasteiger partial charge in [0, 0.05) is 60.0 Å². The average molecular weight is 403 g/mol. The van der Waals surface area contributed by atoms with Crippen molar-refractivity contribution >= 4 is 43.1 Å². The van der Waals surface area contributed by atoms with Crippen LogP contribution in [0.15, 0.2) is 0 Å². The second kappa shape index (κ2) is 25.4. The Kier molecular flexibility index (Phi) is 44.2. The fraction of sp³-hybridized carbons (Fsp3) is 1.00. The van der Waals surface area contributed by atoms with E-state index in [0.29, 0.717) is 0 Å². The summed E-state index contributed by atoms with van der Waals surface area (Å²) in [5, 5.41) is 0. The monoisotopic (exact) mass is 403 g/mol. The molecule has 0 unspecified atom stereocenters. The van der Waals surface area contributed by atoms with Crippen molar-refractivity contribution in [1.82, 2.24) is 0 Å². The van der Waals surface area contributed by atoms with Gasteiger partial charge < -0.3 is 0 Å². The van der Waals surface area contributed by atoms with Crippen molar-refractivity contribution in [2.75, 3.05) is 60.0 Å². The summed E-state index contributed by atoms with van der Waals surface area (Å²) >= 11 is -0.346. The molecule has 0 radical (unpaired) electrons. The normalized spacial score (nSPS) is 8.67. The minimum absolute atomic E-state index is 0.120. The van der Waals surface area contributed by atoms with Gasteiger partial charge in [-0.15, -0.1) is 0 Å². The molecule has 0 aromatic carbocycles. The zero-order valence-electron chi connectivity index (χ0n) is 11.6. The van der Waals surface area contributed by atoms with Crippen LogP contribution in [-0.4, -0.2) is 60.0 Å². The molecule has 15 heavy (non-hydrogen) atoms. The molecule has 0 heterocycles. The Morgan fingerprint density at radius 1 is 0.533 bits per heavy atom. The summed E-state index contributed by atoms with van der Waals surface area (Å²) < 4.78 is 0. The number of halogens is 2. The van der Waals surface area contributed by atoms with Gasteiger partial charge in [-0.25, -0.2) is 0 Å². The predicted octanol–water partition coefficient (Wildman–Crippen LogP) is 4.65. The summed E-state index contributed by atoms with van der Waals surface area (Å²) in [7, 11) is 10.1. The molecule has 6 heteroatoms. The van der Waals surface area contributed by atoms with Crippen LogP contribution in [-0.2, 0) is 15.1 Å². The zero-order chi connectivity index (χ0) is 13.4. The van der Waals surface area contributed by atoms with E-state index < -0.39 is 0 Å².